The molecule has 0 fully saturated rings. The summed E-state index contributed by atoms with van der Waals surface area (Å²) >= 11 is 8.25. The Kier molecular flexibility index (Phi) is 10.00. The molecule has 3 amide bonds. The van der Waals surface area contributed by atoms with Crippen molar-refractivity contribution in [3.8, 4) is 0 Å². The molecule has 2 aromatic heterocycles. The van der Waals surface area contributed by atoms with Crippen LogP contribution in [-0.2, 0) is 32.0 Å². The zero-order valence-corrected chi connectivity index (χ0v) is 21.5. The fraction of sp³-hybridized carbons (Fsp3) is 0.348. The highest BCUT2D eigenvalue weighted by molar-refractivity contribution is 7.80. The number of fused-ring (bicyclic) bond motifs is 1. The number of carboxylic acids is 1. The van der Waals surface area contributed by atoms with Gasteiger partial charge in [-0.25, -0.2) is 9.78 Å². The van der Waals surface area contributed by atoms with Crippen molar-refractivity contribution in [2.45, 2.75) is 37.0 Å². The Labute approximate surface area is 223 Å². The smallest absolute Gasteiger partial charge is 0.326 e. The van der Waals surface area contributed by atoms with Crippen LogP contribution in [0.2, 0.25) is 0 Å². The molecular formula is C23H29N7O5S2. The molecule has 4 unspecified atom stereocenters. The lowest BCUT2D eigenvalue weighted by Gasteiger charge is -2.23. The van der Waals surface area contributed by atoms with Crippen LogP contribution in [0.4, 0.5) is 0 Å². The first-order valence-electron chi connectivity index (χ1n) is 11.4. The van der Waals surface area contributed by atoms with Gasteiger partial charge >= 0.3 is 5.97 Å². The Morgan fingerprint density at radius 1 is 0.919 bits per heavy atom. The number of hydrogen-bond donors (Lipinski definition) is 9. The van der Waals surface area contributed by atoms with Crippen LogP contribution in [0.5, 0.6) is 0 Å². The first-order valence-corrected chi connectivity index (χ1v) is 12.6. The topological polar surface area (TPSA) is 195 Å². The van der Waals surface area contributed by atoms with Crippen molar-refractivity contribution in [3.63, 3.8) is 0 Å². The Bertz CT molecular complexity index is 1230. The second-order valence-corrected chi connectivity index (χ2v) is 9.07. The average Bonchev–Trinajstić information content (AvgIpc) is 3.55. The Hall–Kier alpha value is -3.49. The summed E-state index contributed by atoms with van der Waals surface area (Å²) in [4.78, 5) is 59.5. The largest absolute Gasteiger partial charge is 0.480 e. The third-order valence-electron chi connectivity index (χ3n) is 5.68. The zero-order valence-electron chi connectivity index (χ0n) is 19.7. The van der Waals surface area contributed by atoms with E-state index in [9.17, 15) is 24.3 Å². The summed E-state index contributed by atoms with van der Waals surface area (Å²) in [6.07, 6.45) is 4.84. The number of thiol groups is 2. The molecule has 0 spiro atoms. The lowest BCUT2D eigenvalue weighted by Crippen LogP contribution is -2.58. The van der Waals surface area contributed by atoms with Crippen molar-refractivity contribution in [1.82, 2.24) is 30.9 Å². The van der Waals surface area contributed by atoms with Crippen molar-refractivity contribution >= 4 is 59.9 Å². The van der Waals surface area contributed by atoms with E-state index in [1.54, 1.807) is 6.20 Å². The summed E-state index contributed by atoms with van der Waals surface area (Å²) < 4.78 is 0. The molecule has 0 aliphatic heterocycles. The highest BCUT2D eigenvalue weighted by Gasteiger charge is 2.29. The summed E-state index contributed by atoms with van der Waals surface area (Å²) in [5, 5.41) is 17.8. The van der Waals surface area contributed by atoms with Crippen LogP contribution >= 0.6 is 25.3 Å². The van der Waals surface area contributed by atoms with E-state index in [0.717, 1.165) is 16.5 Å². The van der Waals surface area contributed by atoms with Gasteiger partial charge in [0.1, 0.15) is 18.1 Å². The molecule has 3 aromatic rings. The SMILES string of the molecule is NC(Cc1c[nH]c2ccccc12)C(=O)NC(CS)C(=O)NC(CS)C(=O)NC(Cc1cnc[nH]1)C(=O)O. The van der Waals surface area contributed by atoms with Crippen molar-refractivity contribution in [3.05, 3.63) is 54.2 Å². The molecule has 198 valence electrons. The fourth-order valence-corrected chi connectivity index (χ4v) is 4.17. The van der Waals surface area contributed by atoms with Gasteiger partial charge in [-0.2, -0.15) is 25.3 Å². The van der Waals surface area contributed by atoms with E-state index in [-0.39, 0.29) is 24.3 Å². The van der Waals surface area contributed by atoms with Crippen molar-refractivity contribution in [2.24, 2.45) is 5.73 Å². The Morgan fingerprint density at radius 3 is 2.14 bits per heavy atom. The maximum Gasteiger partial charge on any atom is 0.326 e. The van der Waals surface area contributed by atoms with Crippen LogP contribution in [0.15, 0.2) is 43.0 Å². The lowest BCUT2D eigenvalue weighted by molar-refractivity contribution is -0.142. The number of rotatable bonds is 13. The van der Waals surface area contributed by atoms with Crippen LogP contribution in [0.1, 0.15) is 11.3 Å². The van der Waals surface area contributed by atoms with Gasteiger partial charge in [-0.1, -0.05) is 18.2 Å². The molecule has 3 rings (SSSR count). The number of nitrogens with zero attached hydrogens (tertiary/aromatic N) is 1. The van der Waals surface area contributed by atoms with Gasteiger partial charge < -0.3 is 36.8 Å². The second kappa shape index (κ2) is 13.2. The van der Waals surface area contributed by atoms with E-state index in [1.165, 1.54) is 12.5 Å². The minimum absolute atomic E-state index is 0.0298. The molecule has 0 radical (unpaired) electrons. The quantitative estimate of drug-likeness (QED) is 0.127. The standard InChI is InChI=1S/C23H29N7O5S2/c24-15(5-12-7-26-16-4-2-1-3-14(12)16)20(31)29-18(9-36)22(33)30-19(10-37)21(32)28-17(23(34)35)6-13-8-25-11-27-13/h1-4,7-8,11,15,17-19,26,36-37H,5-6,9-10,24H2,(H,25,27)(H,28,32)(H,29,31)(H,30,33)(H,34,35). The monoisotopic (exact) mass is 547 g/mol. The number of carbonyl (C=O) groups excluding carboxylic acids is 3. The maximum absolute atomic E-state index is 12.8. The molecule has 2 heterocycles. The Morgan fingerprint density at radius 2 is 1.54 bits per heavy atom. The molecule has 4 atom stereocenters. The van der Waals surface area contributed by atoms with Crippen LogP contribution in [-0.4, -0.2) is 79.4 Å². The number of H-pyrrole nitrogens is 2. The minimum atomic E-state index is -1.25. The molecule has 14 heteroatoms. The average molecular weight is 548 g/mol. The first kappa shape index (κ1) is 28.1. The summed E-state index contributed by atoms with van der Waals surface area (Å²) in [6, 6.07) is 3.19. The molecule has 0 bridgehead atoms. The van der Waals surface area contributed by atoms with Crippen molar-refractivity contribution in [1.29, 1.82) is 0 Å². The number of carbonyl (C=O) groups is 4. The number of imidazole rings is 1. The molecule has 8 N–H and O–H groups in total. The van der Waals surface area contributed by atoms with E-state index in [1.807, 2.05) is 24.3 Å². The molecule has 0 saturated carbocycles. The summed E-state index contributed by atoms with van der Waals surface area (Å²) in [5.41, 5.74) is 8.39. The molecule has 12 nitrogen and oxygen atoms in total. The van der Waals surface area contributed by atoms with E-state index in [2.05, 4.69) is 56.2 Å². The third-order valence-corrected chi connectivity index (χ3v) is 6.41. The van der Waals surface area contributed by atoms with Gasteiger partial charge in [0.2, 0.25) is 17.7 Å². The van der Waals surface area contributed by atoms with Crippen LogP contribution in [0.25, 0.3) is 10.9 Å². The molecule has 37 heavy (non-hydrogen) atoms. The van der Waals surface area contributed by atoms with Gasteiger partial charge in [0.25, 0.3) is 0 Å². The van der Waals surface area contributed by atoms with Crippen LogP contribution in [0.3, 0.4) is 0 Å². The highest BCUT2D eigenvalue weighted by atomic mass is 32.1. The first-order chi connectivity index (χ1) is 17.7. The third kappa shape index (κ3) is 7.50. The van der Waals surface area contributed by atoms with Crippen molar-refractivity contribution < 1.29 is 24.3 Å². The number of hydrogen-bond acceptors (Lipinski definition) is 8. The van der Waals surface area contributed by atoms with Crippen LogP contribution < -0.4 is 21.7 Å². The van der Waals surface area contributed by atoms with E-state index < -0.39 is 47.9 Å². The minimum Gasteiger partial charge on any atom is -0.480 e. The van der Waals surface area contributed by atoms with E-state index in [0.29, 0.717) is 5.69 Å². The number of nitrogens with one attached hydrogen (secondary N) is 5. The lowest BCUT2D eigenvalue weighted by atomic mass is 10.0. The van der Waals surface area contributed by atoms with Crippen molar-refractivity contribution in [2.75, 3.05) is 11.5 Å². The summed E-state index contributed by atoms with van der Waals surface area (Å²) in [6.45, 7) is 0. The van der Waals surface area contributed by atoms with Crippen LogP contribution in [0, 0.1) is 0 Å². The van der Waals surface area contributed by atoms with Gasteiger partial charge in [0, 0.05) is 46.9 Å². The number of amides is 3. The number of benzene rings is 1. The summed E-state index contributed by atoms with van der Waals surface area (Å²) in [7, 11) is 0. The van der Waals surface area contributed by atoms with Gasteiger partial charge in [0.15, 0.2) is 0 Å². The molecule has 0 aliphatic carbocycles. The number of aliphatic carboxylic acids is 1. The number of nitrogens with two attached hydrogens (primary N) is 1. The predicted molar refractivity (Wildman–Crippen MR) is 143 cm³/mol. The summed E-state index contributed by atoms with van der Waals surface area (Å²) in [5.74, 6) is -3.40. The van der Waals surface area contributed by atoms with Gasteiger partial charge in [-0.3, -0.25) is 14.4 Å². The van der Waals surface area contributed by atoms with E-state index >= 15 is 0 Å². The zero-order chi connectivity index (χ0) is 26.9. The molecule has 0 aliphatic rings. The maximum atomic E-state index is 12.8. The number of aromatic amines is 2. The van der Waals surface area contributed by atoms with E-state index in [4.69, 9.17) is 5.73 Å². The molecule has 0 saturated heterocycles. The molecule has 1 aromatic carbocycles. The highest BCUT2D eigenvalue weighted by Crippen LogP contribution is 2.18. The Balaban J connectivity index is 1.57. The second-order valence-electron chi connectivity index (χ2n) is 8.34. The number of carboxylic acid groups (broad SMARTS) is 1. The number of aromatic nitrogens is 3. The molecular weight excluding hydrogens is 518 g/mol. The predicted octanol–water partition coefficient (Wildman–Crippen LogP) is -0.598. The van der Waals surface area contributed by atoms with Gasteiger partial charge in [-0.15, -0.1) is 0 Å². The van der Waals surface area contributed by atoms with Gasteiger partial charge in [0.05, 0.1) is 12.4 Å². The normalized spacial score (nSPS) is 14.4. The number of para-hydroxylation sites is 1. The van der Waals surface area contributed by atoms with Gasteiger partial charge in [-0.05, 0) is 18.1 Å². The fourth-order valence-electron chi connectivity index (χ4n) is 3.66.